The molecule has 0 radical (unpaired) electrons. The number of benzene rings is 1. The number of nitriles is 1. The van der Waals surface area contributed by atoms with Gasteiger partial charge in [-0.2, -0.15) is 5.26 Å². The van der Waals surface area contributed by atoms with E-state index < -0.39 is 10.5 Å². The number of H-pyrrole nitrogens is 1. The summed E-state index contributed by atoms with van der Waals surface area (Å²) in [5.41, 5.74) is -0.647. The second kappa shape index (κ2) is 5.66. The van der Waals surface area contributed by atoms with Crippen molar-refractivity contribution in [3.8, 4) is 17.7 Å². The molecule has 20 heavy (non-hydrogen) atoms. The van der Waals surface area contributed by atoms with Gasteiger partial charge in [-0.05, 0) is 34.7 Å². The molecule has 2 aromatic rings. The Labute approximate surface area is 125 Å². The number of nitrogens with zero attached hydrogens (tertiary/aromatic N) is 3. The summed E-state index contributed by atoms with van der Waals surface area (Å²) in [4.78, 5) is 27.8. The van der Waals surface area contributed by atoms with E-state index in [0.717, 1.165) is 12.4 Å². The molecular weight excluding hydrogens is 379 g/mol. The molecule has 0 spiro atoms. The fraction of sp³-hybridized carbons (Fsp3) is 0. The molecule has 0 unspecified atom stereocenters. The Morgan fingerprint density at radius 2 is 2.25 bits per heavy atom. The Balaban J connectivity index is 2.49. The molecule has 1 aromatic carbocycles. The number of aromatic amines is 1. The third-order valence-electron chi connectivity index (χ3n) is 2.26. The van der Waals surface area contributed by atoms with Crippen LogP contribution in [0.3, 0.4) is 0 Å². The van der Waals surface area contributed by atoms with E-state index in [4.69, 9.17) is 10.00 Å². The molecule has 0 aliphatic rings. The Morgan fingerprint density at radius 3 is 2.90 bits per heavy atom. The van der Waals surface area contributed by atoms with Crippen LogP contribution >= 0.6 is 22.6 Å². The number of ether oxygens (including phenoxy) is 1. The topological polar surface area (TPSA) is 122 Å². The first kappa shape index (κ1) is 13.9. The van der Waals surface area contributed by atoms with Gasteiger partial charge in [-0.15, -0.1) is 0 Å². The Hall–Kier alpha value is -2.48. The van der Waals surface area contributed by atoms with Crippen molar-refractivity contribution in [3.63, 3.8) is 0 Å². The molecule has 100 valence electrons. The molecule has 8 nitrogen and oxygen atoms in total. The van der Waals surface area contributed by atoms with Crippen LogP contribution in [0, 0.1) is 25.0 Å². The summed E-state index contributed by atoms with van der Waals surface area (Å²) in [6.45, 7) is 0. The predicted molar refractivity (Wildman–Crippen MR) is 75.5 cm³/mol. The summed E-state index contributed by atoms with van der Waals surface area (Å²) in [5, 5.41) is 19.7. The second-order valence-electron chi connectivity index (χ2n) is 3.50. The molecule has 0 atom stereocenters. The third-order valence-corrected chi connectivity index (χ3v) is 3.21. The molecule has 0 aliphatic carbocycles. The van der Waals surface area contributed by atoms with Crippen LogP contribution in [0.1, 0.15) is 5.56 Å². The lowest BCUT2D eigenvalue weighted by Gasteiger charge is -2.06. The van der Waals surface area contributed by atoms with E-state index in [0.29, 0.717) is 0 Å². The lowest BCUT2D eigenvalue weighted by Crippen LogP contribution is -2.11. The lowest BCUT2D eigenvalue weighted by molar-refractivity contribution is -0.385. The van der Waals surface area contributed by atoms with Crippen molar-refractivity contribution in [3.05, 3.63) is 54.1 Å². The largest absolute Gasteiger partial charge is 0.430 e. The SMILES string of the molecule is N#Cc1ccc(Oc2nc[nH]c(=O)c2I)c([N+](=O)[O-])c1. The zero-order valence-corrected chi connectivity index (χ0v) is 11.8. The van der Waals surface area contributed by atoms with E-state index in [1.54, 1.807) is 28.7 Å². The number of nitro benzene ring substituents is 1. The predicted octanol–water partition coefficient (Wildman–Crippen LogP) is 1.95. The molecule has 1 heterocycles. The zero-order valence-electron chi connectivity index (χ0n) is 9.66. The monoisotopic (exact) mass is 384 g/mol. The first-order valence-corrected chi connectivity index (χ1v) is 6.20. The number of aromatic nitrogens is 2. The molecule has 2 rings (SSSR count). The van der Waals surface area contributed by atoms with E-state index in [9.17, 15) is 14.9 Å². The summed E-state index contributed by atoms with van der Waals surface area (Å²) < 4.78 is 5.46. The molecule has 0 fully saturated rings. The van der Waals surface area contributed by atoms with Crippen molar-refractivity contribution in [1.29, 1.82) is 5.26 Å². The Morgan fingerprint density at radius 1 is 1.50 bits per heavy atom. The summed E-state index contributed by atoms with van der Waals surface area (Å²) in [7, 11) is 0. The van der Waals surface area contributed by atoms with Gasteiger partial charge in [0.1, 0.15) is 3.57 Å². The highest BCUT2D eigenvalue weighted by Crippen LogP contribution is 2.32. The van der Waals surface area contributed by atoms with Crippen LogP contribution in [-0.4, -0.2) is 14.9 Å². The van der Waals surface area contributed by atoms with Crippen molar-refractivity contribution in [2.45, 2.75) is 0 Å². The highest BCUT2D eigenvalue weighted by molar-refractivity contribution is 14.1. The Kier molecular flexibility index (Phi) is 3.94. The number of hydrogen-bond acceptors (Lipinski definition) is 6. The van der Waals surface area contributed by atoms with Gasteiger partial charge in [-0.3, -0.25) is 14.9 Å². The second-order valence-corrected chi connectivity index (χ2v) is 4.58. The first-order valence-electron chi connectivity index (χ1n) is 5.12. The number of rotatable bonds is 3. The smallest absolute Gasteiger partial charge is 0.312 e. The van der Waals surface area contributed by atoms with Gasteiger partial charge in [0, 0.05) is 6.07 Å². The number of halogens is 1. The molecule has 0 saturated heterocycles. The maximum atomic E-state index is 11.4. The van der Waals surface area contributed by atoms with Gasteiger partial charge in [0.15, 0.2) is 0 Å². The van der Waals surface area contributed by atoms with Gasteiger partial charge in [-0.1, -0.05) is 0 Å². The van der Waals surface area contributed by atoms with Crippen molar-refractivity contribution in [2.75, 3.05) is 0 Å². The van der Waals surface area contributed by atoms with Crippen molar-refractivity contribution in [1.82, 2.24) is 9.97 Å². The van der Waals surface area contributed by atoms with Crippen LogP contribution in [0.25, 0.3) is 0 Å². The highest BCUT2D eigenvalue weighted by Gasteiger charge is 2.19. The molecule has 1 aromatic heterocycles. The van der Waals surface area contributed by atoms with E-state index in [1.165, 1.54) is 12.1 Å². The van der Waals surface area contributed by atoms with E-state index in [1.807, 2.05) is 0 Å². The van der Waals surface area contributed by atoms with Crippen LogP contribution in [0.5, 0.6) is 11.6 Å². The first-order chi connectivity index (χ1) is 9.52. The molecule has 1 N–H and O–H groups in total. The quantitative estimate of drug-likeness (QED) is 0.490. The van der Waals surface area contributed by atoms with Crippen molar-refractivity contribution in [2.24, 2.45) is 0 Å². The van der Waals surface area contributed by atoms with Crippen LogP contribution in [0.4, 0.5) is 5.69 Å². The third kappa shape index (κ3) is 2.75. The number of nitro groups is 1. The highest BCUT2D eigenvalue weighted by atomic mass is 127. The fourth-order valence-corrected chi connectivity index (χ4v) is 1.76. The molecule has 0 amide bonds. The normalized spacial score (nSPS) is 9.80. The Bertz CT molecular complexity index is 781. The standard InChI is InChI=1S/C11H5IN4O4/c12-9-10(17)14-5-15-11(9)20-8-2-1-6(4-13)3-7(8)16(18)19/h1-3,5H,(H,14,15,17). The molecule has 9 heteroatoms. The molecule has 0 saturated carbocycles. The van der Waals surface area contributed by atoms with E-state index in [-0.39, 0.29) is 26.5 Å². The number of hydrogen-bond donors (Lipinski definition) is 1. The van der Waals surface area contributed by atoms with E-state index >= 15 is 0 Å². The van der Waals surface area contributed by atoms with Gasteiger partial charge in [-0.25, -0.2) is 4.98 Å². The fourth-order valence-electron chi connectivity index (χ4n) is 1.36. The lowest BCUT2D eigenvalue weighted by atomic mass is 10.2. The maximum Gasteiger partial charge on any atom is 0.312 e. The van der Waals surface area contributed by atoms with Gasteiger partial charge in [0.05, 0.1) is 22.9 Å². The average molecular weight is 384 g/mol. The van der Waals surface area contributed by atoms with Crippen molar-refractivity contribution < 1.29 is 9.66 Å². The molecular formula is C11H5IN4O4. The number of nitrogens with one attached hydrogen (secondary N) is 1. The van der Waals surface area contributed by atoms with Gasteiger partial charge < -0.3 is 9.72 Å². The molecule has 0 aliphatic heterocycles. The summed E-state index contributed by atoms with van der Waals surface area (Å²) >= 11 is 1.72. The van der Waals surface area contributed by atoms with Crippen molar-refractivity contribution >= 4 is 28.3 Å². The average Bonchev–Trinajstić information content (AvgIpc) is 2.44. The summed E-state index contributed by atoms with van der Waals surface area (Å²) in [5.74, 6) is -0.132. The van der Waals surface area contributed by atoms with Gasteiger partial charge in [0.2, 0.25) is 11.6 Å². The van der Waals surface area contributed by atoms with Crippen LogP contribution in [-0.2, 0) is 0 Å². The molecule has 0 bridgehead atoms. The minimum atomic E-state index is -0.670. The summed E-state index contributed by atoms with van der Waals surface area (Å²) in [6, 6.07) is 5.56. The van der Waals surface area contributed by atoms with Crippen LogP contribution in [0.2, 0.25) is 0 Å². The van der Waals surface area contributed by atoms with Crippen LogP contribution in [0.15, 0.2) is 29.3 Å². The van der Waals surface area contributed by atoms with Crippen LogP contribution < -0.4 is 10.3 Å². The van der Waals surface area contributed by atoms with E-state index in [2.05, 4.69) is 9.97 Å². The summed E-state index contributed by atoms with van der Waals surface area (Å²) in [6.07, 6.45) is 1.13. The van der Waals surface area contributed by atoms with Gasteiger partial charge in [0.25, 0.3) is 5.56 Å². The van der Waals surface area contributed by atoms with Gasteiger partial charge >= 0.3 is 5.69 Å². The minimum Gasteiger partial charge on any atom is -0.430 e. The zero-order chi connectivity index (χ0) is 14.7. The maximum absolute atomic E-state index is 11.4. The minimum absolute atomic E-state index is 0.0397.